The van der Waals surface area contributed by atoms with E-state index in [1.54, 1.807) is 12.1 Å². The van der Waals surface area contributed by atoms with E-state index >= 15 is 0 Å². The van der Waals surface area contributed by atoms with Gasteiger partial charge in [-0.1, -0.05) is 11.6 Å². The number of hydrogen-bond acceptors (Lipinski definition) is 6. The van der Waals surface area contributed by atoms with Crippen LogP contribution < -0.4 is 5.32 Å². The highest BCUT2D eigenvalue weighted by Gasteiger charge is 2.32. The van der Waals surface area contributed by atoms with Gasteiger partial charge in [-0.2, -0.15) is 8.61 Å². The van der Waals surface area contributed by atoms with Gasteiger partial charge in [-0.25, -0.2) is 16.8 Å². The number of rotatable bonds is 6. The van der Waals surface area contributed by atoms with Crippen LogP contribution in [0.1, 0.15) is 12.8 Å². The average Bonchev–Trinajstić information content (AvgIpc) is 2.85. The molecule has 0 atom stereocenters. The molecule has 0 radical (unpaired) electrons. The van der Waals surface area contributed by atoms with Gasteiger partial charge in [0, 0.05) is 42.8 Å². The van der Waals surface area contributed by atoms with E-state index in [0.29, 0.717) is 49.9 Å². The number of ether oxygens (including phenoxy) is 1. The van der Waals surface area contributed by atoms with E-state index < -0.39 is 20.0 Å². The zero-order chi connectivity index (χ0) is 24.3. The zero-order valence-electron chi connectivity index (χ0n) is 18.4. The minimum Gasteiger partial charge on any atom is -0.379 e. The number of halogens is 1. The van der Waals surface area contributed by atoms with Crippen molar-refractivity contribution in [3.05, 3.63) is 53.6 Å². The SMILES string of the molecule is O=C(Nc1ccc(S(=O)(=O)N2CCOCC2)cc1)C1CCN(S(=O)(=O)c2ccc(Cl)cc2)CC1. The summed E-state index contributed by atoms with van der Waals surface area (Å²) in [5, 5.41) is 3.27. The summed E-state index contributed by atoms with van der Waals surface area (Å²) in [6.07, 6.45) is 0.782. The molecular formula is C22H26ClN3O6S2. The Morgan fingerprint density at radius 3 is 1.79 bits per heavy atom. The summed E-state index contributed by atoms with van der Waals surface area (Å²) in [7, 11) is -7.24. The van der Waals surface area contributed by atoms with Crippen molar-refractivity contribution in [1.29, 1.82) is 0 Å². The highest BCUT2D eigenvalue weighted by Crippen LogP contribution is 2.26. The Morgan fingerprint density at radius 1 is 0.794 bits per heavy atom. The van der Waals surface area contributed by atoms with Gasteiger partial charge in [0.2, 0.25) is 26.0 Å². The molecule has 2 aliphatic heterocycles. The van der Waals surface area contributed by atoms with E-state index in [2.05, 4.69) is 5.32 Å². The van der Waals surface area contributed by atoms with Gasteiger partial charge >= 0.3 is 0 Å². The molecule has 9 nitrogen and oxygen atoms in total. The first-order valence-corrected chi connectivity index (χ1v) is 14.2. The molecule has 2 saturated heterocycles. The number of carbonyl (C=O) groups is 1. The minimum atomic E-state index is -3.64. The number of morpholine rings is 1. The third kappa shape index (κ3) is 5.45. The molecule has 2 heterocycles. The van der Waals surface area contributed by atoms with Gasteiger partial charge in [-0.15, -0.1) is 0 Å². The smallest absolute Gasteiger partial charge is 0.243 e. The number of amides is 1. The monoisotopic (exact) mass is 527 g/mol. The molecule has 1 N–H and O–H groups in total. The minimum absolute atomic E-state index is 0.160. The average molecular weight is 528 g/mol. The molecule has 4 rings (SSSR count). The van der Waals surface area contributed by atoms with E-state index in [-0.39, 0.29) is 34.7 Å². The third-order valence-corrected chi connectivity index (χ3v) is 10.1. The first-order valence-electron chi connectivity index (χ1n) is 10.9. The molecule has 0 unspecified atom stereocenters. The first-order chi connectivity index (χ1) is 16.2. The van der Waals surface area contributed by atoms with Crippen LogP contribution in [0.15, 0.2) is 58.3 Å². The molecule has 0 aliphatic carbocycles. The Morgan fingerprint density at radius 2 is 1.26 bits per heavy atom. The number of sulfonamides is 2. The Labute approximate surface area is 204 Å². The summed E-state index contributed by atoms with van der Waals surface area (Å²) in [5.41, 5.74) is 0.488. The lowest BCUT2D eigenvalue weighted by atomic mass is 9.97. The molecule has 2 fully saturated rings. The third-order valence-electron chi connectivity index (χ3n) is 6.01. The second-order valence-electron chi connectivity index (χ2n) is 8.16. The fourth-order valence-corrected chi connectivity index (χ4v) is 7.01. The quantitative estimate of drug-likeness (QED) is 0.617. The zero-order valence-corrected chi connectivity index (χ0v) is 20.8. The Kier molecular flexibility index (Phi) is 7.60. The maximum absolute atomic E-state index is 12.8. The number of nitrogens with one attached hydrogen (secondary N) is 1. The molecule has 0 bridgehead atoms. The molecule has 1 amide bonds. The van der Waals surface area contributed by atoms with Crippen molar-refractivity contribution >= 4 is 43.2 Å². The molecule has 0 aromatic heterocycles. The van der Waals surface area contributed by atoms with E-state index in [9.17, 15) is 21.6 Å². The Hall–Kier alpha value is -2.02. The van der Waals surface area contributed by atoms with Crippen LogP contribution in [-0.4, -0.2) is 70.7 Å². The van der Waals surface area contributed by atoms with Crippen molar-refractivity contribution in [3.8, 4) is 0 Å². The van der Waals surface area contributed by atoms with Gasteiger partial charge in [0.15, 0.2) is 0 Å². The van der Waals surface area contributed by atoms with Crippen molar-refractivity contribution < 1.29 is 26.4 Å². The van der Waals surface area contributed by atoms with Crippen molar-refractivity contribution in [2.75, 3.05) is 44.7 Å². The molecule has 184 valence electrons. The summed E-state index contributed by atoms with van der Waals surface area (Å²) < 4.78 is 59.0. The van der Waals surface area contributed by atoms with Crippen LogP contribution in [0.5, 0.6) is 0 Å². The van der Waals surface area contributed by atoms with Gasteiger partial charge < -0.3 is 10.1 Å². The molecular weight excluding hydrogens is 502 g/mol. The molecule has 0 saturated carbocycles. The van der Waals surface area contributed by atoms with E-state index in [1.165, 1.54) is 45.0 Å². The molecule has 2 aromatic rings. The fraction of sp³-hybridized carbons (Fsp3) is 0.409. The Balaban J connectivity index is 1.34. The van der Waals surface area contributed by atoms with Crippen LogP contribution in [0.2, 0.25) is 5.02 Å². The number of carbonyl (C=O) groups excluding carboxylic acids is 1. The van der Waals surface area contributed by atoms with Gasteiger partial charge in [0.1, 0.15) is 0 Å². The lowest BCUT2D eigenvalue weighted by Gasteiger charge is -2.30. The largest absolute Gasteiger partial charge is 0.379 e. The van der Waals surface area contributed by atoms with Crippen LogP contribution >= 0.6 is 11.6 Å². The van der Waals surface area contributed by atoms with Crippen LogP contribution in [-0.2, 0) is 29.6 Å². The fourth-order valence-electron chi connectivity index (χ4n) is 4.00. The number of benzene rings is 2. The van der Waals surface area contributed by atoms with Crippen molar-refractivity contribution in [3.63, 3.8) is 0 Å². The first kappa shape index (κ1) is 25.1. The number of hydrogen-bond donors (Lipinski definition) is 1. The van der Waals surface area contributed by atoms with E-state index in [4.69, 9.17) is 16.3 Å². The lowest BCUT2D eigenvalue weighted by Crippen LogP contribution is -2.41. The maximum Gasteiger partial charge on any atom is 0.243 e. The van der Waals surface area contributed by atoms with E-state index in [0.717, 1.165) is 0 Å². The van der Waals surface area contributed by atoms with Crippen LogP contribution in [0.3, 0.4) is 0 Å². The predicted octanol–water partition coefficient (Wildman–Crippen LogP) is 2.40. The van der Waals surface area contributed by atoms with Gasteiger partial charge in [0.05, 0.1) is 23.0 Å². The second-order valence-corrected chi connectivity index (χ2v) is 12.5. The molecule has 34 heavy (non-hydrogen) atoms. The standard InChI is InChI=1S/C22H26ClN3O6S2/c23-18-1-5-20(6-2-18)33(28,29)25-11-9-17(10-12-25)22(27)24-19-3-7-21(8-4-19)34(30,31)26-13-15-32-16-14-26/h1-8,17H,9-16H2,(H,24,27). The highest BCUT2D eigenvalue weighted by atomic mass is 35.5. The number of piperidine rings is 1. The van der Waals surface area contributed by atoms with Gasteiger partial charge in [-0.05, 0) is 61.4 Å². The second kappa shape index (κ2) is 10.3. The number of anilines is 1. The van der Waals surface area contributed by atoms with Crippen LogP contribution in [0.25, 0.3) is 0 Å². The lowest BCUT2D eigenvalue weighted by molar-refractivity contribution is -0.120. The molecule has 2 aromatic carbocycles. The summed E-state index contributed by atoms with van der Waals surface area (Å²) in [6.45, 7) is 1.83. The summed E-state index contributed by atoms with van der Waals surface area (Å²) >= 11 is 5.85. The van der Waals surface area contributed by atoms with Crippen LogP contribution in [0, 0.1) is 5.92 Å². The van der Waals surface area contributed by atoms with Gasteiger partial charge in [0.25, 0.3) is 0 Å². The molecule has 2 aliphatic rings. The maximum atomic E-state index is 12.8. The Bertz CT molecular complexity index is 1220. The van der Waals surface area contributed by atoms with Crippen molar-refractivity contribution in [1.82, 2.24) is 8.61 Å². The van der Waals surface area contributed by atoms with E-state index in [1.807, 2.05) is 0 Å². The van der Waals surface area contributed by atoms with Gasteiger partial charge in [-0.3, -0.25) is 4.79 Å². The summed E-state index contributed by atoms with van der Waals surface area (Å²) in [5.74, 6) is -0.555. The van der Waals surface area contributed by atoms with Crippen molar-refractivity contribution in [2.45, 2.75) is 22.6 Å². The predicted molar refractivity (Wildman–Crippen MR) is 128 cm³/mol. The topological polar surface area (TPSA) is 113 Å². The summed E-state index contributed by atoms with van der Waals surface area (Å²) in [6, 6.07) is 12.1. The number of nitrogens with zero attached hydrogens (tertiary/aromatic N) is 2. The molecule has 12 heteroatoms. The van der Waals surface area contributed by atoms with Crippen LogP contribution in [0.4, 0.5) is 5.69 Å². The highest BCUT2D eigenvalue weighted by molar-refractivity contribution is 7.89. The normalized spacial score (nSPS) is 19.1. The molecule has 0 spiro atoms. The summed E-state index contributed by atoms with van der Waals surface area (Å²) in [4.78, 5) is 13.1. The van der Waals surface area contributed by atoms with Crippen molar-refractivity contribution in [2.24, 2.45) is 5.92 Å².